The average molecular weight is 288 g/mol. The highest BCUT2D eigenvalue weighted by Gasteiger charge is 2.06. The molecule has 0 radical (unpaired) electrons. The van der Waals surface area contributed by atoms with Gasteiger partial charge in [0.15, 0.2) is 0 Å². The SMILES string of the molecule is CCCNC(C)c1ccc(N(C)Cc2ccsc2)cc1. The van der Waals surface area contributed by atoms with Gasteiger partial charge in [-0.3, -0.25) is 0 Å². The summed E-state index contributed by atoms with van der Waals surface area (Å²) in [5.74, 6) is 0. The minimum atomic E-state index is 0.422. The van der Waals surface area contributed by atoms with E-state index in [0.29, 0.717) is 6.04 Å². The molecule has 0 saturated heterocycles. The number of benzene rings is 1. The van der Waals surface area contributed by atoms with Gasteiger partial charge in [0.25, 0.3) is 0 Å². The van der Waals surface area contributed by atoms with Gasteiger partial charge in [-0.1, -0.05) is 19.1 Å². The number of nitrogens with zero attached hydrogens (tertiary/aromatic N) is 1. The molecule has 2 aromatic rings. The Morgan fingerprint density at radius 3 is 2.55 bits per heavy atom. The van der Waals surface area contributed by atoms with Crippen LogP contribution in [0.3, 0.4) is 0 Å². The van der Waals surface area contributed by atoms with Gasteiger partial charge in [0.1, 0.15) is 0 Å². The van der Waals surface area contributed by atoms with Crippen molar-refractivity contribution < 1.29 is 0 Å². The third-order valence-electron chi connectivity index (χ3n) is 3.53. The lowest BCUT2D eigenvalue weighted by atomic mass is 10.1. The van der Waals surface area contributed by atoms with E-state index in [0.717, 1.165) is 13.1 Å². The van der Waals surface area contributed by atoms with E-state index in [1.807, 2.05) is 0 Å². The molecule has 1 aromatic heterocycles. The molecule has 0 bridgehead atoms. The Hall–Kier alpha value is -1.32. The Morgan fingerprint density at radius 2 is 1.95 bits per heavy atom. The van der Waals surface area contributed by atoms with Gasteiger partial charge in [-0.25, -0.2) is 0 Å². The first-order valence-corrected chi connectivity index (χ1v) is 8.20. The molecule has 1 unspecified atom stereocenters. The van der Waals surface area contributed by atoms with Crippen molar-refractivity contribution in [2.24, 2.45) is 0 Å². The van der Waals surface area contributed by atoms with Crippen LogP contribution in [-0.4, -0.2) is 13.6 Å². The van der Waals surface area contributed by atoms with Crippen LogP contribution in [0.2, 0.25) is 0 Å². The van der Waals surface area contributed by atoms with Gasteiger partial charge in [0.2, 0.25) is 0 Å². The minimum absolute atomic E-state index is 0.422. The van der Waals surface area contributed by atoms with E-state index in [9.17, 15) is 0 Å². The Bertz CT molecular complexity index is 490. The van der Waals surface area contributed by atoms with E-state index in [1.54, 1.807) is 11.3 Å². The van der Waals surface area contributed by atoms with E-state index in [4.69, 9.17) is 0 Å². The van der Waals surface area contributed by atoms with Crippen LogP contribution < -0.4 is 10.2 Å². The van der Waals surface area contributed by atoms with E-state index < -0.39 is 0 Å². The fourth-order valence-corrected chi connectivity index (χ4v) is 2.90. The zero-order valence-corrected chi connectivity index (χ0v) is 13.4. The molecule has 1 heterocycles. The third-order valence-corrected chi connectivity index (χ3v) is 4.27. The van der Waals surface area contributed by atoms with Crippen LogP contribution in [0.4, 0.5) is 5.69 Å². The summed E-state index contributed by atoms with van der Waals surface area (Å²) in [6.07, 6.45) is 1.17. The molecule has 0 spiro atoms. The maximum Gasteiger partial charge on any atom is 0.0434 e. The van der Waals surface area contributed by atoms with Crippen molar-refractivity contribution in [1.82, 2.24) is 5.32 Å². The van der Waals surface area contributed by atoms with E-state index >= 15 is 0 Å². The first-order chi connectivity index (χ1) is 9.70. The summed E-state index contributed by atoms with van der Waals surface area (Å²) >= 11 is 1.76. The topological polar surface area (TPSA) is 15.3 Å². The van der Waals surface area contributed by atoms with Crippen molar-refractivity contribution in [1.29, 1.82) is 0 Å². The Morgan fingerprint density at radius 1 is 1.20 bits per heavy atom. The maximum atomic E-state index is 3.52. The van der Waals surface area contributed by atoms with Crippen molar-refractivity contribution in [3.05, 3.63) is 52.2 Å². The van der Waals surface area contributed by atoms with Gasteiger partial charge in [-0.05, 0) is 60.0 Å². The Kier molecular flexibility index (Phi) is 5.62. The Labute approximate surface area is 126 Å². The zero-order chi connectivity index (χ0) is 14.4. The van der Waals surface area contributed by atoms with Crippen LogP contribution in [0.5, 0.6) is 0 Å². The quantitative estimate of drug-likeness (QED) is 0.810. The molecule has 1 N–H and O–H groups in total. The van der Waals surface area contributed by atoms with Gasteiger partial charge in [0.05, 0.1) is 0 Å². The molecular formula is C17H24N2S. The first kappa shape index (κ1) is 15.1. The molecule has 0 aliphatic rings. The predicted octanol–water partition coefficient (Wildman–Crippen LogP) is 4.45. The molecule has 0 amide bonds. The molecule has 1 aromatic carbocycles. The molecular weight excluding hydrogens is 264 g/mol. The van der Waals surface area contributed by atoms with E-state index in [2.05, 4.69) is 72.2 Å². The molecule has 0 saturated carbocycles. The lowest BCUT2D eigenvalue weighted by Crippen LogP contribution is -2.19. The van der Waals surface area contributed by atoms with Crippen molar-refractivity contribution in [2.75, 3.05) is 18.5 Å². The Balaban J connectivity index is 1.96. The van der Waals surface area contributed by atoms with Crippen LogP contribution in [0.15, 0.2) is 41.1 Å². The standard InChI is InChI=1S/C17H24N2S/c1-4-10-18-14(2)16-5-7-17(8-6-16)19(3)12-15-9-11-20-13-15/h5-9,11,13-14,18H,4,10,12H2,1-3H3. The monoisotopic (exact) mass is 288 g/mol. The van der Waals surface area contributed by atoms with Crippen molar-refractivity contribution in [2.45, 2.75) is 32.9 Å². The van der Waals surface area contributed by atoms with E-state index in [-0.39, 0.29) is 0 Å². The van der Waals surface area contributed by atoms with Gasteiger partial charge in [-0.2, -0.15) is 11.3 Å². The highest BCUT2D eigenvalue weighted by atomic mass is 32.1. The number of hydrogen-bond acceptors (Lipinski definition) is 3. The lowest BCUT2D eigenvalue weighted by molar-refractivity contribution is 0.571. The molecule has 1 atom stereocenters. The van der Waals surface area contributed by atoms with Crippen LogP contribution in [-0.2, 0) is 6.54 Å². The molecule has 2 nitrogen and oxygen atoms in total. The van der Waals surface area contributed by atoms with Crippen molar-refractivity contribution in [3.63, 3.8) is 0 Å². The number of thiophene rings is 1. The molecule has 2 rings (SSSR count). The average Bonchev–Trinajstić information content (AvgIpc) is 2.97. The predicted molar refractivity (Wildman–Crippen MR) is 89.6 cm³/mol. The minimum Gasteiger partial charge on any atom is -0.370 e. The van der Waals surface area contributed by atoms with Gasteiger partial charge in [-0.15, -0.1) is 0 Å². The number of anilines is 1. The molecule has 20 heavy (non-hydrogen) atoms. The molecule has 0 aliphatic carbocycles. The second-order valence-electron chi connectivity index (χ2n) is 5.26. The van der Waals surface area contributed by atoms with Gasteiger partial charge >= 0.3 is 0 Å². The number of rotatable bonds is 7. The summed E-state index contributed by atoms with van der Waals surface area (Å²) in [6.45, 7) is 6.45. The summed E-state index contributed by atoms with van der Waals surface area (Å²) in [6, 6.07) is 11.5. The van der Waals surface area contributed by atoms with Crippen LogP contribution in [0.25, 0.3) is 0 Å². The van der Waals surface area contributed by atoms with Crippen molar-refractivity contribution in [3.8, 4) is 0 Å². The zero-order valence-electron chi connectivity index (χ0n) is 12.6. The number of hydrogen-bond donors (Lipinski definition) is 1. The molecule has 0 fully saturated rings. The summed E-state index contributed by atoms with van der Waals surface area (Å²) in [5.41, 5.74) is 3.99. The lowest BCUT2D eigenvalue weighted by Gasteiger charge is -2.20. The highest BCUT2D eigenvalue weighted by molar-refractivity contribution is 7.07. The summed E-state index contributed by atoms with van der Waals surface area (Å²) < 4.78 is 0. The third kappa shape index (κ3) is 4.09. The molecule has 0 aliphatic heterocycles. The largest absolute Gasteiger partial charge is 0.370 e. The smallest absolute Gasteiger partial charge is 0.0434 e. The second-order valence-corrected chi connectivity index (χ2v) is 6.04. The summed E-state index contributed by atoms with van der Waals surface area (Å²) in [7, 11) is 2.14. The maximum absolute atomic E-state index is 3.52. The first-order valence-electron chi connectivity index (χ1n) is 7.26. The number of nitrogens with one attached hydrogen (secondary N) is 1. The van der Waals surface area contributed by atoms with Gasteiger partial charge in [0, 0.05) is 25.3 Å². The van der Waals surface area contributed by atoms with Crippen LogP contribution in [0.1, 0.15) is 37.4 Å². The normalized spacial score (nSPS) is 12.3. The van der Waals surface area contributed by atoms with Crippen LogP contribution >= 0.6 is 11.3 Å². The summed E-state index contributed by atoms with van der Waals surface area (Å²) in [5, 5.41) is 7.86. The van der Waals surface area contributed by atoms with Crippen molar-refractivity contribution >= 4 is 17.0 Å². The van der Waals surface area contributed by atoms with Crippen LogP contribution in [0, 0.1) is 0 Å². The fraction of sp³-hybridized carbons (Fsp3) is 0.412. The molecule has 3 heteroatoms. The van der Waals surface area contributed by atoms with E-state index in [1.165, 1.54) is 23.2 Å². The highest BCUT2D eigenvalue weighted by Crippen LogP contribution is 2.20. The van der Waals surface area contributed by atoms with Gasteiger partial charge < -0.3 is 10.2 Å². The second kappa shape index (κ2) is 7.46. The fourth-order valence-electron chi connectivity index (χ4n) is 2.24. The molecule has 108 valence electrons. The summed E-state index contributed by atoms with van der Waals surface area (Å²) in [4.78, 5) is 2.29.